The highest BCUT2D eigenvalue weighted by molar-refractivity contribution is 9.10. The number of ketones is 1. The molecule has 0 spiro atoms. The lowest BCUT2D eigenvalue weighted by atomic mass is 10.1. The van der Waals surface area contributed by atoms with E-state index in [4.69, 9.17) is 16.3 Å². The fourth-order valence-electron chi connectivity index (χ4n) is 2.02. The van der Waals surface area contributed by atoms with Crippen molar-refractivity contribution in [3.8, 4) is 11.5 Å². The lowest BCUT2D eigenvalue weighted by Crippen LogP contribution is -1.95. The van der Waals surface area contributed by atoms with Crippen LogP contribution in [0.3, 0.4) is 0 Å². The lowest BCUT2D eigenvalue weighted by molar-refractivity contribution is 0.101. The molecule has 2 aromatic rings. The Bertz CT molecular complexity index is 657. The van der Waals surface area contributed by atoms with E-state index < -0.39 is 0 Å². The second kappa shape index (κ2) is 5.98. The second-order valence-corrected chi connectivity index (χ2v) is 5.96. The zero-order valence-corrected chi connectivity index (χ0v) is 13.8. The number of carbonyl (C=O) groups is 1. The van der Waals surface area contributed by atoms with Crippen LogP contribution < -0.4 is 4.74 Å². The van der Waals surface area contributed by atoms with Gasteiger partial charge in [0, 0.05) is 15.1 Å². The smallest absolute Gasteiger partial charge is 0.160 e. The maximum atomic E-state index is 11.4. The quantitative estimate of drug-likeness (QED) is 0.660. The summed E-state index contributed by atoms with van der Waals surface area (Å²) in [5.41, 5.74) is 2.59. The fourth-order valence-corrected chi connectivity index (χ4v) is 2.99. The van der Waals surface area contributed by atoms with Gasteiger partial charge in [0.05, 0.1) is 0 Å². The van der Waals surface area contributed by atoms with E-state index >= 15 is 0 Å². The summed E-state index contributed by atoms with van der Waals surface area (Å²) in [6, 6.07) is 9.06. The molecule has 0 atom stereocenters. The Hall–Kier alpha value is -1.32. The van der Waals surface area contributed by atoms with Gasteiger partial charge < -0.3 is 4.74 Å². The van der Waals surface area contributed by atoms with Crippen LogP contribution >= 0.6 is 27.5 Å². The number of halogens is 2. The molecule has 2 aromatic carbocycles. The van der Waals surface area contributed by atoms with Crippen molar-refractivity contribution < 1.29 is 9.53 Å². The number of Topliss-reactive ketones (excluding diaryl/α,β-unsaturated/α-hetero) is 1. The summed E-state index contributed by atoms with van der Waals surface area (Å²) in [6.45, 7) is 5.44. The van der Waals surface area contributed by atoms with E-state index in [9.17, 15) is 4.79 Å². The maximum absolute atomic E-state index is 11.4. The Kier molecular flexibility index (Phi) is 4.51. The molecule has 2 rings (SSSR count). The first-order valence-electron chi connectivity index (χ1n) is 6.13. The monoisotopic (exact) mass is 352 g/mol. The minimum atomic E-state index is 0.0160. The van der Waals surface area contributed by atoms with Crippen LogP contribution in [0.1, 0.15) is 28.4 Å². The molecule has 104 valence electrons. The summed E-state index contributed by atoms with van der Waals surface area (Å²) in [6.07, 6.45) is 0. The van der Waals surface area contributed by atoms with Gasteiger partial charge in [-0.1, -0.05) is 11.6 Å². The van der Waals surface area contributed by atoms with E-state index in [-0.39, 0.29) is 5.78 Å². The Morgan fingerprint density at radius 1 is 1.15 bits per heavy atom. The normalized spacial score (nSPS) is 10.4. The van der Waals surface area contributed by atoms with E-state index in [1.165, 1.54) is 6.92 Å². The van der Waals surface area contributed by atoms with Crippen LogP contribution in [-0.2, 0) is 0 Å². The van der Waals surface area contributed by atoms with Crippen LogP contribution in [0, 0.1) is 13.8 Å². The Morgan fingerprint density at radius 3 is 2.25 bits per heavy atom. The highest BCUT2D eigenvalue weighted by Crippen LogP contribution is 2.33. The number of carbonyl (C=O) groups excluding carboxylic acids is 1. The Morgan fingerprint density at radius 2 is 1.75 bits per heavy atom. The number of ether oxygens (including phenoxy) is 1. The average molecular weight is 354 g/mol. The molecule has 20 heavy (non-hydrogen) atoms. The van der Waals surface area contributed by atoms with Crippen molar-refractivity contribution in [3.63, 3.8) is 0 Å². The lowest BCUT2D eigenvalue weighted by Gasteiger charge is -2.13. The summed E-state index contributed by atoms with van der Waals surface area (Å²) in [5, 5.41) is 0.695. The van der Waals surface area contributed by atoms with E-state index in [0.29, 0.717) is 16.3 Å². The van der Waals surface area contributed by atoms with Crippen LogP contribution in [-0.4, -0.2) is 5.78 Å². The van der Waals surface area contributed by atoms with Crippen molar-refractivity contribution in [3.05, 3.63) is 56.5 Å². The first kappa shape index (κ1) is 15.1. The second-order valence-electron chi connectivity index (χ2n) is 4.67. The highest BCUT2D eigenvalue weighted by atomic mass is 79.9. The largest absolute Gasteiger partial charge is 0.457 e. The van der Waals surface area contributed by atoms with Gasteiger partial charge in [0.1, 0.15) is 11.5 Å². The van der Waals surface area contributed by atoms with Crippen LogP contribution in [0.15, 0.2) is 34.8 Å². The summed E-state index contributed by atoms with van der Waals surface area (Å²) >= 11 is 9.39. The molecule has 0 unspecified atom stereocenters. The summed E-state index contributed by atoms with van der Waals surface area (Å²) in [7, 11) is 0. The molecule has 0 aliphatic heterocycles. The van der Waals surface area contributed by atoms with Gasteiger partial charge in [-0.2, -0.15) is 0 Å². The summed E-state index contributed by atoms with van der Waals surface area (Å²) < 4.78 is 6.64. The standard InChI is InChI=1S/C16H14BrClO2/c1-9-6-12(18)7-10(2)16(9)20-13-4-5-14(11(3)19)15(17)8-13/h4-8H,1-3H3. The van der Waals surface area contributed by atoms with Gasteiger partial charge in [-0.25, -0.2) is 0 Å². The molecule has 0 saturated heterocycles. The predicted octanol–water partition coefficient (Wildman–Crippen LogP) is 5.71. The third kappa shape index (κ3) is 3.22. The molecule has 0 aromatic heterocycles. The van der Waals surface area contributed by atoms with Crippen LogP contribution in [0.5, 0.6) is 11.5 Å². The average Bonchev–Trinajstić information content (AvgIpc) is 2.33. The molecular weight excluding hydrogens is 340 g/mol. The van der Waals surface area contributed by atoms with E-state index in [1.54, 1.807) is 18.2 Å². The molecule has 0 heterocycles. The number of hydrogen-bond donors (Lipinski definition) is 0. The van der Waals surface area contributed by atoms with Crippen LogP contribution in [0.4, 0.5) is 0 Å². The SMILES string of the molecule is CC(=O)c1ccc(Oc2c(C)cc(Cl)cc2C)cc1Br. The molecule has 0 aliphatic carbocycles. The fraction of sp³-hybridized carbons (Fsp3) is 0.188. The molecule has 0 radical (unpaired) electrons. The van der Waals surface area contributed by atoms with Gasteiger partial charge in [-0.3, -0.25) is 4.79 Å². The Balaban J connectivity index is 2.36. The van der Waals surface area contributed by atoms with Gasteiger partial charge >= 0.3 is 0 Å². The summed E-state index contributed by atoms with van der Waals surface area (Å²) in [5.74, 6) is 1.48. The number of benzene rings is 2. The third-order valence-electron chi connectivity index (χ3n) is 2.96. The first-order valence-corrected chi connectivity index (χ1v) is 7.30. The topological polar surface area (TPSA) is 26.3 Å². The van der Waals surface area contributed by atoms with Crippen molar-refractivity contribution in [1.29, 1.82) is 0 Å². The third-order valence-corrected chi connectivity index (χ3v) is 3.84. The maximum Gasteiger partial charge on any atom is 0.160 e. The van der Waals surface area contributed by atoms with Crippen molar-refractivity contribution in [2.75, 3.05) is 0 Å². The van der Waals surface area contributed by atoms with Crippen LogP contribution in [0.25, 0.3) is 0 Å². The number of aryl methyl sites for hydroxylation is 2. The minimum absolute atomic E-state index is 0.0160. The molecule has 0 aliphatic rings. The highest BCUT2D eigenvalue weighted by Gasteiger charge is 2.10. The van der Waals surface area contributed by atoms with E-state index in [1.807, 2.05) is 26.0 Å². The molecule has 0 amide bonds. The van der Waals surface area contributed by atoms with Crippen molar-refractivity contribution >= 4 is 33.3 Å². The van der Waals surface area contributed by atoms with Crippen molar-refractivity contribution in [1.82, 2.24) is 0 Å². The van der Waals surface area contributed by atoms with Crippen LogP contribution in [0.2, 0.25) is 5.02 Å². The van der Waals surface area contributed by atoms with Crippen molar-refractivity contribution in [2.45, 2.75) is 20.8 Å². The van der Waals surface area contributed by atoms with Gasteiger partial charge in [0.2, 0.25) is 0 Å². The molecule has 0 bridgehead atoms. The molecular formula is C16H14BrClO2. The van der Waals surface area contributed by atoms with Gasteiger partial charge in [0.25, 0.3) is 0 Å². The minimum Gasteiger partial charge on any atom is -0.457 e. The molecule has 0 N–H and O–H groups in total. The van der Waals surface area contributed by atoms with Crippen molar-refractivity contribution in [2.24, 2.45) is 0 Å². The number of rotatable bonds is 3. The molecule has 0 fully saturated rings. The predicted molar refractivity (Wildman–Crippen MR) is 85.1 cm³/mol. The molecule has 0 saturated carbocycles. The first-order chi connectivity index (χ1) is 9.38. The van der Waals surface area contributed by atoms with Gasteiger partial charge in [0.15, 0.2) is 5.78 Å². The van der Waals surface area contributed by atoms with Gasteiger partial charge in [-0.05, 0) is 78.2 Å². The summed E-state index contributed by atoms with van der Waals surface area (Å²) in [4.78, 5) is 11.4. The molecule has 2 nitrogen and oxygen atoms in total. The zero-order valence-electron chi connectivity index (χ0n) is 11.5. The van der Waals surface area contributed by atoms with E-state index in [2.05, 4.69) is 15.9 Å². The number of hydrogen-bond acceptors (Lipinski definition) is 2. The van der Waals surface area contributed by atoms with E-state index in [0.717, 1.165) is 21.3 Å². The van der Waals surface area contributed by atoms with Gasteiger partial charge in [-0.15, -0.1) is 0 Å². The molecule has 4 heteroatoms. The Labute approximate surface area is 131 Å². The zero-order chi connectivity index (χ0) is 14.9.